The number of esters is 2. The molecule has 178 valence electrons. The number of allylic oxidation sites excluding steroid dienone is 1. The zero-order valence-electron chi connectivity index (χ0n) is 20.4. The molecule has 5 rings (SSSR count). The van der Waals surface area contributed by atoms with Gasteiger partial charge in [-0.1, -0.05) is 40.2 Å². The van der Waals surface area contributed by atoms with Gasteiger partial charge in [-0.15, -0.1) is 0 Å². The summed E-state index contributed by atoms with van der Waals surface area (Å²) in [7, 11) is 0. The third-order valence-electron chi connectivity index (χ3n) is 11.2. The largest absolute Gasteiger partial charge is 0.465 e. The summed E-state index contributed by atoms with van der Waals surface area (Å²) in [6.07, 6.45) is 10.0. The fourth-order valence-electron chi connectivity index (χ4n) is 9.97. The van der Waals surface area contributed by atoms with E-state index in [2.05, 4.69) is 33.8 Å². The minimum absolute atomic E-state index is 0.0439. The third kappa shape index (κ3) is 2.85. The molecular weight excluding hydrogens is 404 g/mol. The highest BCUT2D eigenvalue weighted by atomic mass is 16.6. The van der Waals surface area contributed by atoms with Gasteiger partial charge in [0.1, 0.15) is 0 Å². The van der Waals surface area contributed by atoms with Gasteiger partial charge < -0.3 is 14.6 Å². The Hall–Kier alpha value is -1.36. The van der Waals surface area contributed by atoms with Gasteiger partial charge in [-0.3, -0.25) is 4.79 Å². The van der Waals surface area contributed by atoms with E-state index in [9.17, 15) is 14.7 Å². The van der Waals surface area contributed by atoms with Crippen LogP contribution in [-0.2, 0) is 19.1 Å². The normalized spacial score (nSPS) is 52.0. The number of hydrogen-bond donors (Lipinski definition) is 1. The second-order valence-corrected chi connectivity index (χ2v) is 12.7. The van der Waals surface area contributed by atoms with Gasteiger partial charge in [0, 0.05) is 17.9 Å². The number of fused-ring (bicyclic) bond motifs is 7. The van der Waals surface area contributed by atoms with Gasteiger partial charge in [-0.2, -0.15) is 0 Å². The molecule has 0 aromatic rings. The van der Waals surface area contributed by atoms with Crippen LogP contribution in [0, 0.1) is 45.3 Å². The maximum atomic E-state index is 12.3. The summed E-state index contributed by atoms with van der Waals surface area (Å²) in [5, 5.41) is 10.7. The van der Waals surface area contributed by atoms with Crippen molar-refractivity contribution >= 4 is 11.9 Å². The molecule has 4 fully saturated rings. The Morgan fingerprint density at radius 1 is 1.03 bits per heavy atom. The number of ether oxygens (including phenoxy) is 2. The third-order valence-corrected chi connectivity index (χ3v) is 11.2. The number of rotatable bonds is 2. The van der Waals surface area contributed by atoms with Crippen LogP contribution in [0.4, 0.5) is 0 Å². The molecule has 1 heterocycles. The number of cyclic esters (lactones) is 1. The van der Waals surface area contributed by atoms with Gasteiger partial charge in [0.05, 0.1) is 12.5 Å². The lowest BCUT2D eigenvalue weighted by Crippen LogP contribution is -2.63. The molecule has 0 aromatic carbocycles. The molecule has 3 saturated carbocycles. The lowest BCUT2D eigenvalue weighted by molar-refractivity contribution is -0.219. The molecule has 0 aromatic heterocycles. The molecule has 0 spiro atoms. The van der Waals surface area contributed by atoms with Crippen LogP contribution < -0.4 is 0 Å². The minimum Gasteiger partial charge on any atom is -0.465 e. The Kier molecular flexibility index (Phi) is 4.96. The molecule has 5 heteroatoms. The lowest BCUT2D eigenvalue weighted by Gasteiger charge is -2.69. The number of aliphatic hydroxyl groups is 1. The van der Waals surface area contributed by atoms with E-state index in [-0.39, 0.29) is 39.5 Å². The van der Waals surface area contributed by atoms with Crippen molar-refractivity contribution in [1.29, 1.82) is 0 Å². The molecule has 0 radical (unpaired) electrons. The van der Waals surface area contributed by atoms with Crippen molar-refractivity contribution in [3.05, 3.63) is 11.6 Å². The van der Waals surface area contributed by atoms with Crippen LogP contribution in [-0.4, -0.2) is 29.9 Å². The van der Waals surface area contributed by atoms with Crippen LogP contribution in [0.5, 0.6) is 0 Å². The molecule has 0 amide bonds. The summed E-state index contributed by atoms with van der Waals surface area (Å²) in [5.41, 5.74) is 1.05. The topological polar surface area (TPSA) is 72.8 Å². The van der Waals surface area contributed by atoms with Crippen LogP contribution in [0.2, 0.25) is 0 Å². The highest BCUT2D eigenvalue weighted by molar-refractivity contribution is 5.91. The fourth-order valence-corrected chi connectivity index (χ4v) is 9.97. The van der Waals surface area contributed by atoms with Crippen LogP contribution in [0.3, 0.4) is 0 Å². The van der Waals surface area contributed by atoms with E-state index < -0.39 is 6.29 Å². The maximum absolute atomic E-state index is 12.3. The van der Waals surface area contributed by atoms with Gasteiger partial charge in [0.25, 0.3) is 0 Å². The van der Waals surface area contributed by atoms with E-state index in [0.717, 1.165) is 38.5 Å². The quantitative estimate of drug-likeness (QED) is 0.606. The van der Waals surface area contributed by atoms with Crippen molar-refractivity contribution < 1.29 is 24.2 Å². The molecular formula is C27H40O5. The van der Waals surface area contributed by atoms with Gasteiger partial charge in [0.15, 0.2) is 0 Å². The van der Waals surface area contributed by atoms with E-state index in [0.29, 0.717) is 29.9 Å². The molecule has 9 atom stereocenters. The monoisotopic (exact) mass is 444 g/mol. The maximum Gasteiger partial charge on any atom is 0.336 e. The van der Waals surface area contributed by atoms with E-state index in [1.807, 2.05) is 0 Å². The van der Waals surface area contributed by atoms with E-state index in [4.69, 9.17) is 9.47 Å². The highest BCUT2D eigenvalue weighted by Crippen LogP contribution is 2.73. The summed E-state index contributed by atoms with van der Waals surface area (Å²) in [6, 6.07) is 0. The Labute approximate surface area is 192 Å². The standard InChI is InChI=1S/C27H40O5/c1-16(28)31-15-24(2)11-6-12-25(3)18(24)9-13-26(4)19-8-7-17-21(23(30)32-22(17)29)27(19,5)14-10-20(25)26/h7,18-21,23,30H,6,8-15H2,1-5H3/t18?,19?,20?,21?,23?,24-,25-,26-,27-/m0/s1. The molecule has 5 unspecified atom stereocenters. The second kappa shape index (κ2) is 7.07. The van der Waals surface area contributed by atoms with Crippen LogP contribution >= 0.6 is 0 Å². The summed E-state index contributed by atoms with van der Waals surface area (Å²) >= 11 is 0. The Morgan fingerprint density at radius 3 is 2.41 bits per heavy atom. The zero-order valence-corrected chi connectivity index (χ0v) is 20.4. The first kappa shape index (κ1) is 22.4. The molecule has 1 saturated heterocycles. The van der Waals surface area contributed by atoms with Crippen molar-refractivity contribution in [2.45, 2.75) is 92.3 Å². The Bertz CT molecular complexity index is 864. The summed E-state index contributed by atoms with van der Waals surface area (Å²) in [4.78, 5) is 23.9. The Balaban J connectivity index is 1.49. The minimum atomic E-state index is -1.00. The number of hydrogen-bond acceptors (Lipinski definition) is 5. The van der Waals surface area contributed by atoms with Crippen molar-refractivity contribution in [2.75, 3.05) is 6.61 Å². The van der Waals surface area contributed by atoms with Crippen molar-refractivity contribution in [1.82, 2.24) is 0 Å². The second-order valence-electron chi connectivity index (χ2n) is 12.7. The van der Waals surface area contributed by atoms with E-state index >= 15 is 0 Å². The fraction of sp³-hybridized carbons (Fsp3) is 0.852. The molecule has 4 aliphatic carbocycles. The molecule has 0 bridgehead atoms. The first-order chi connectivity index (χ1) is 15.0. The highest BCUT2D eigenvalue weighted by Gasteiger charge is 2.68. The lowest BCUT2D eigenvalue weighted by atomic mass is 9.35. The molecule has 1 aliphatic heterocycles. The zero-order chi connectivity index (χ0) is 23.1. The summed E-state index contributed by atoms with van der Waals surface area (Å²) in [5.74, 6) is 0.905. The van der Waals surface area contributed by atoms with Crippen LogP contribution in [0.1, 0.15) is 86.0 Å². The average Bonchev–Trinajstić information content (AvgIpc) is 3.00. The molecule has 5 nitrogen and oxygen atoms in total. The molecule has 5 aliphatic rings. The smallest absolute Gasteiger partial charge is 0.336 e. The van der Waals surface area contributed by atoms with Gasteiger partial charge in [-0.25, -0.2) is 4.79 Å². The predicted octanol–water partition coefficient (Wildman–Crippen LogP) is 5.02. The number of aliphatic hydroxyl groups excluding tert-OH is 1. The van der Waals surface area contributed by atoms with E-state index in [1.165, 1.54) is 19.8 Å². The van der Waals surface area contributed by atoms with Crippen molar-refractivity contribution in [2.24, 2.45) is 45.3 Å². The summed E-state index contributed by atoms with van der Waals surface area (Å²) in [6.45, 7) is 11.7. The summed E-state index contributed by atoms with van der Waals surface area (Å²) < 4.78 is 10.9. The number of carbonyl (C=O) groups excluding carboxylic acids is 2. The van der Waals surface area contributed by atoms with Gasteiger partial charge >= 0.3 is 11.9 Å². The van der Waals surface area contributed by atoms with Crippen LogP contribution in [0.25, 0.3) is 0 Å². The average molecular weight is 445 g/mol. The predicted molar refractivity (Wildman–Crippen MR) is 120 cm³/mol. The first-order valence-electron chi connectivity index (χ1n) is 12.7. The first-order valence-corrected chi connectivity index (χ1v) is 12.7. The van der Waals surface area contributed by atoms with Crippen LogP contribution in [0.15, 0.2) is 11.6 Å². The number of carbonyl (C=O) groups is 2. The van der Waals surface area contributed by atoms with Gasteiger partial charge in [-0.05, 0) is 78.9 Å². The van der Waals surface area contributed by atoms with Crippen molar-refractivity contribution in [3.8, 4) is 0 Å². The van der Waals surface area contributed by atoms with Gasteiger partial charge in [0.2, 0.25) is 6.29 Å². The van der Waals surface area contributed by atoms with E-state index in [1.54, 1.807) is 0 Å². The molecule has 32 heavy (non-hydrogen) atoms. The SMILES string of the molecule is CC(=O)OC[C@]1(C)CCC[C@@]2(C)C1CC[C@]1(C)C2CC[C@]2(C)C3C(=CCC12)C(=O)OC3O. The molecule has 1 N–H and O–H groups in total. The Morgan fingerprint density at radius 2 is 1.69 bits per heavy atom. The van der Waals surface area contributed by atoms with Crippen molar-refractivity contribution in [3.63, 3.8) is 0 Å².